The SMILES string of the molecule is CC.Cc1ccc2c(c(C)nn2C)c1Br. The summed E-state index contributed by atoms with van der Waals surface area (Å²) in [6, 6.07) is 4.21. The minimum absolute atomic E-state index is 1.08. The molecule has 0 amide bonds. The molecule has 0 aliphatic carbocycles. The Bertz CT molecular complexity index is 472. The molecule has 0 radical (unpaired) electrons. The van der Waals surface area contributed by atoms with E-state index in [1.807, 2.05) is 32.5 Å². The van der Waals surface area contributed by atoms with Crippen LogP contribution in [0.1, 0.15) is 25.1 Å². The van der Waals surface area contributed by atoms with Gasteiger partial charge in [0, 0.05) is 16.9 Å². The zero-order valence-corrected chi connectivity index (χ0v) is 11.5. The van der Waals surface area contributed by atoms with Crippen molar-refractivity contribution in [1.82, 2.24) is 9.78 Å². The standard InChI is InChI=1S/C10H11BrN2.C2H6/c1-6-4-5-8-9(10(6)11)7(2)12-13(8)3;1-2/h4-5H,1-3H3;1-2H3. The van der Waals surface area contributed by atoms with Crippen LogP contribution in [0.3, 0.4) is 0 Å². The minimum Gasteiger partial charge on any atom is -0.268 e. The van der Waals surface area contributed by atoms with Crippen LogP contribution in [-0.2, 0) is 7.05 Å². The summed E-state index contributed by atoms with van der Waals surface area (Å²) in [7, 11) is 1.97. The van der Waals surface area contributed by atoms with Gasteiger partial charge in [-0.1, -0.05) is 19.9 Å². The molecule has 2 rings (SSSR count). The van der Waals surface area contributed by atoms with E-state index in [2.05, 4.69) is 40.1 Å². The second kappa shape index (κ2) is 4.79. The van der Waals surface area contributed by atoms with E-state index >= 15 is 0 Å². The van der Waals surface area contributed by atoms with E-state index in [0.29, 0.717) is 0 Å². The number of aryl methyl sites for hydroxylation is 3. The van der Waals surface area contributed by atoms with Crippen LogP contribution in [0, 0.1) is 13.8 Å². The minimum atomic E-state index is 1.08. The molecule has 0 atom stereocenters. The molecule has 1 aromatic heterocycles. The number of aromatic nitrogens is 2. The monoisotopic (exact) mass is 268 g/mol. The molecular weight excluding hydrogens is 252 g/mol. The lowest BCUT2D eigenvalue weighted by Gasteiger charge is -2.00. The molecular formula is C12H17BrN2. The molecule has 2 nitrogen and oxygen atoms in total. The first-order chi connectivity index (χ1) is 7.11. The van der Waals surface area contributed by atoms with Crippen molar-refractivity contribution in [3.63, 3.8) is 0 Å². The molecule has 0 saturated carbocycles. The molecule has 0 spiro atoms. The summed E-state index contributed by atoms with van der Waals surface area (Å²) in [4.78, 5) is 0. The summed E-state index contributed by atoms with van der Waals surface area (Å²) in [5, 5.41) is 5.60. The van der Waals surface area contributed by atoms with Crippen LogP contribution < -0.4 is 0 Å². The van der Waals surface area contributed by atoms with Crippen LogP contribution in [0.25, 0.3) is 10.9 Å². The Morgan fingerprint density at radius 2 is 1.80 bits per heavy atom. The van der Waals surface area contributed by atoms with E-state index in [-0.39, 0.29) is 0 Å². The number of benzene rings is 1. The normalized spacial score (nSPS) is 10.0. The third-order valence-corrected chi connectivity index (χ3v) is 3.35. The maximum Gasteiger partial charge on any atom is 0.0693 e. The Labute approximate surface area is 99.4 Å². The fourth-order valence-electron chi connectivity index (χ4n) is 1.61. The maximum atomic E-state index is 4.38. The molecule has 1 aromatic carbocycles. The van der Waals surface area contributed by atoms with Gasteiger partial charge < -0.3 is 0 Å². The van der Waals surface area contributed by atoms with Crippen molar-refractivity contribution in [2.24, 2.45) is 7.05 Å². The van der Waals surface area contributed by atoms with Crippen LogP contribution in [-0.4, -0.2) is 9.78 Å². The molecule has 0 N–H and O–H groups in total. The molecule has 0 fully saturated rings. The van der Waals surface area contributed by atoms with Gasteiger partial charge in [0.05, 0.1) is 11.2 Å². The Hall–Kier alpha value is -0.830. The van der Waals surface area contributed by atoms with Gasteiger partial charge in [-0.2, -0.15) is 5.10 Å². The highest BCUT2D eigenvalue weighted by atomic mass is 79.9. The highest BCUT2D eigenvalue weighted by Crippen LogP contribution is 2.29. The van der Waals surface area contributed by atoms with Crippen LogP contribution in [0.15, 0.2) is 16.6 Å². The second-order valence-corrected chi connectivity index (χ2v) is 4.09. The molecule has 0 unspecified atom stereocenters. The van der Waals surface area contributed by atoms with Gasteiger partial charge in [0.2, 0.25) is 0 Å². The lowest BCUT2D eigenvalue weighted by Crippen LogP contribution is -1.89. The van der Waals surface area contributed by atoms with Crippen LogP contribution >= 0.6 is 15.9 Å². The predicted octanol–water partition coefficient (Wildman–Crippen LogP) is 3.98. The Morgan fingerprint density at radius 1 is 1.20 bits per heavy atom. The van der Waals surface area contributed by atoms with Crippen molar-refractivity contribution in [3.05, 3.63) is 27.9 Å². The topological polar surface area (TPSA) is 17.8 Å². The van der Waals surface area contributed by atoms with Gasteiger partial charge in [-0.3, -0.25) is 4.68 Å². The quantitative estimate of drug-likeness (QED) is 0.707. The number of hydrogen-bond acceptors (Lipinski definition) is 1. The predicted molar refractivity (Wildman–Crippen MR) is 69.2 cm³/mol. The van der Waals surface area contributed by atoms with Gasteiger partial charge in [-0.15, -0.1) is 0 Å². The van der Waals surface area contributed by atoms with Crippen LogP contribution in [0.4, 0.5) is 0 Å². The fourth-order valence-corrected chi connectivity index (χ4v) is 2.23. The van der Waals surface area contributed by atoms with E-state index in [9.17, 15) is 0 Å². The Kier molecular flexibility index (Phi) is 3.91. The number of nitrogens with zero attached hydrogens (tertiary/aromatic N) is 2. The summed E-state index contributed by atoms with van der Waals surface area (Å²) in [5.41, 5.74) is 3.51. The average Bonchev–Trinajstić information content (AvgIpc) is 2.51. The molecule has 0 bridgehead atoms. The lowest BCUT2D eigenvalue weighted by atomic mass is 10.1. The summed E-state index contributed by atoms with van der Waals surface area (Å²) < 4.78 is 3.07. The van der Waals surface area contributed by atoms with Crippen molar-refractivity contribution in [1.29, 1.82) is 0 Å². The van der Waals surface area contributed by atoms with Gasteiger partial charge in [-0.05, 0) is 41.4 Å². The summed E-state index contributed by atoms with van der Waals surface area (Å²) in [5.74, 6) is 0. The summed E-state index contributed by atoms with van der Waals surface area (Å²) in [6.45, 7) is 8.13. The van der Waals surface area contributed by atoms with Crippen molar-refractivity contribution < 1.29 is 0 Å². The largest absolute Gasteiger partial charge is 0.268 e. The van der Waals surface area contributed by atoms with E-state index in [0.717, 1.165) is 10.2 Å². The number of fused-ring (bicyclic) bond motifs is 1. The second-order valence-electron chi connectivity index (χ2n) is 3.30. The van der Waals surface area contributed by atoms with Gasteiger partial charge in [0.25, 0.3) is 0 Å². The third kappa shape index (κ3) is 2.07. The first-order valence-electron chi connectivity index (χ1n) is 5.19. The van der Waals surface area contributed by atoms with E-state index in [4.69, 9.17) is 0 Å². The van der Waals surface area contributed by atoms with Crippen molar-refractivity contribution in [3.8, 4) is 0 Å². The molecule has 1 heterocycles. The van der Waals surface area contributed by atoms with Crippen molar-refractivity contribution in [2.75, 3.05) is 0 Å². The maximum absolute atomic E-state index is 4.38. The molecule has 0 saturated heterocycles. The smallest absolute Gasteiger partial charge is 0.0693 e. The average molecular weight is 269 g/mol. The first kappa shape index (κ1) is 12.2. The third-order valence-electron chi connectivity index (χ3n) is 2.32. The highest BCUT2D eigenvalue weighted by Gasteiger charge is 2.09. The zero-order valence-electron chi connectivity index (χ0n) is 9.93. The first-order valence-corrected chi connectivity index (χ1v) is 5.99. The molecule has 82 valence electrons. The van der Waals surface area contributed by atoms with Crippen LogP contribution in [0.2, 0.25) is 0 Å². The Balaban J connectivity index is 0.000000531. The van der Waals surface area contributed by atoms with Crippen molar-refractivity contribution in [2.45, 2.75) is 27.7 Å². The number of halogens is 1. The highest BCUT2D eigenvalue weighted by molar-refractivity contribution is 9.10. The van der Waals surface area contributed by atoms with Gasteiger partial charge >= 0.3 is 0 Å². The summed E-state index contributed by atoms with van der Waals surface area (Å²) >= 11 is 3.59. The molecule has 15 heavy (non-hydrogen) atoms. The lowest BCUT2D eigenvalue weighted by molar-refractivity contribution is 0.783. The molecule has 2 aromatic rings. The van der Waals surface area contributed by atoms with Crippen LogP contribution in [0.5, 0.6) is 0 Å². The fraction of sp³-hybridized carbons (Fsp3) is 0.417. The molecule has 0 aliphatic rings. The zero-order chi connectivity index (χ0) is 11.6. The summed E-state index contributed by atoms with van der Waals surface area (Å²) in [6.07, 6.45) is 0. The van der Waals surface area contributed by atoms with Gasteiger partial charge in [0.15, 0.2) is 0 Å². The van der Waals surface area contributed by atoms with Gasteiger partial charge in [-0.25, -0.2) is 0 Å². The number of rotatable bonds is 0. The van der Waals surface area contributed by atoms with E-state index in [1.165, 1.54) is 16.5 Å². The van der Waals surface area contributed by atoms with E-state index in [1.54, 1.807) is 0 Å². The van der Waals surface area contributed by atoms with E-state index < -0.39 is 0 Å². The molecule has 0 aliphatic heterocycles. The van der Waals surface area contributed by atoms with Crippen molar-refractivity contribution >= 4 is 26.8 Å². The van der Waals surface area contributed by atoms with Gasteiger partial charge in [0.1, 0.15) is 0 Å². The number of hydrogen-bond donors (Lipinski definition) is 0. The molecule has 3 heteroatoms. The Morgan fingerprint density at radius 3 is 2.40 bits per heavy atom.